The molecule has 0 amide bonds. The minimum absolute atomic E-state index is 0.0903. The van der Waals surface area contributed by atoms with Crippen molar-refractivity contribution in [3.8, 4) is 0 Å². The Morgan fingerprint density at radius 2 is 2.12 bits per heavy atom. The molecule has 0 saturated heterocycles. The maximum absolute atomic E-state index is 10.9. The Labute approximate surface area is 149 Å². The quantitative estimate of drug-likeness (QED) is 0.294. The first-order valence-electron chi connectivity index (χ1n) is 8.28. The first-order valence-corrected chi connectivity index (χ1v) is 12.0. The molecule has 1 aromatic heterocycles. The Kier molecular flexibility index (Phi) is 6.32. The Bertz CT molecular complexity index is 712. The third kappa shape index (κ3) is 5.99. The average Bonchev–Trinajstić information content (AvgIpc) is 2.98. The highest BCUT2D eigenvalue weighted by Crippen LogP contribution is 2.21. The van der Waals surface area contributed by atoms with Crippen molar-refractivity contribution >= 4 is 19.4 Å². The van der Waals surface area contributed by atoms with Crippen LogP contribution in [0.15, 0.2) is 36.8 Å². The number of rotatable bonds is 9. The van der Waals surface area contributed by atoms with E-state index in [0.717, 1.165) is 24.0 Å². The van der Waals surface area contributed by atoms with E-state index in [-0.39, 0.29) is 10.6 Å². The lowest BCUT2D eigenvalue weighted by atomic mass is 10.2. The predicted molar refractivity (Wildman–Crippen MR) is 102 cm³/mol. The molecule has 0 aliphatic heterocycles. The second-order valence-electron chi connectivity index (χ2n) is 7.34. The standard InChI is InChI=1S/C17H26N4O3Si/c1-19(15-6-5-7-16(10-15)21(22)23)12-17-11-18-13-20(17)14-24-8-9-25(2,3)4/h5-7,10-11,13H,8-9,12,14H2,1-4H3. The number of hydrogen-bond donors (Lipinski definition) is 0. The molecule has 1 heterocycles. The van der Waals surface area contributed by atoms with E-state index in [2.05, 4.69) is 24.6 Å². The summed E-state index contributed by atoms with van der Waals surface area (Å²) in [5.74, 6) is 0. The maximum Gasteiger partial charge on any atom is 0.271 e. The molecule has 0 radical (unpaired) electrons. The summed E-state index contributed by atoms with van der Waals surface area (Å²) < 4.78 is 7.75. The number of imidazole rings is 1. The van der Waals surface area contributed by atoms with Gasteiger partial charge in [0.25, 0.3) is 5.69 Å². The monoisotopic (exact) mass is 362 g/mol. The maximum atomic E-state index is 10.9. The fourth-order valence-corrected chi connectivity index (χ4v) is 3.07. The highest BCUT2D eigenvalue weighted by Gasteiger charge is 2.13. The Hall–Kier alpha value is -2.19. The van der Waals surface area contributed by atoms with Crippen LogP contribution >= 0.6 is 0 Å². The number of benzene rings is 1. The molecule has 25 heavy (non-hydrogen) atoms. The molecule has 0 unspecified atom stereocenters. The number of non-ortho nitro benzene ring substituents is 1. The van der Waals surface area contributed by atoms with Gasteiger partial charge in [-0.1, -0.05) is 25.7 Å². The molecule has 0 aliphatic rings. The van der Waals surface area contributed by atoms with Crippen LogP contribution in [0.25, 0.3) is 0 Å². The van der Waals surface area contributed by atoms with Crippen molar-refractivity contribution in [3.63, 3.8) is 0 Å². The van der Waals surface area contributed by atoms with Gasteiger partial charge in [0.05, 0.1) is 29.7 Å². The van der Waals surface area contributed by atoms with E-state index in [0.29, 0.717) is 13.3 Å². The third-order valence-electron chi connectivity index (χ3n) is 3.91. The second-order valence-corrected chi connectivity index (χ2v) is 13.0. The smallest absolute Gasteiger partial charge is 0.271 e. The van der Waals surface area contributed by atoms with Crippen LogP contribution in [0.5, 0.6) is 0 Å². The highest BCUT2D eigenvalue weighted by molar-refractivity contribution is 6.76. The van der Waals surface area contributed by atoms with E-state index >= 15 is 0 Å². The van der Waals surface area contributed by atoms with Crippen LogP contribution in [-0.4, -0.2) is 36.2 Å². The SMILES string of the molecule is CN(Cc1cncn1COCC[Si](C)(C)C)c1cccc([N+](=O)[O-])c1. The zero-order valence-electron chi connectivity index (χ0n) is 15.3. The van der Waals surface area contributed by atoms with Crippen LogP contribution in [0.3, 0.4) is 0 Å². The van der Waals surface area contributed by atoms with Gasteiger partial charge in [-0.3, -0.25) is 10.1 Å². The topological polar surface area (TPSA) is 73.4 Å². The van der Waals surface area contributed by atoms with Crippen molar-refractivity contribution in [3.05, 3.63) is 52.6 Å². The van der Waals surface area contributed by atoms with Crippen LogP contribution in [-0.2, 0) is 18.0 Å². The molecule has 136 valence electrons. The second kappa shape index (κ2) is 8.26. The van der Waals surface area contributed by atoms with Gasteiger partial charge in [-0.25, -0.2) is 4.98 Å². The number of anilines is 1. The Morgan fingerprint density at radius 1 is 1.36 bits per heavy atom. The lowest BCUT2D eigenvalue weighted by Gasteiger charge is -2.20. The summed E-state index contributed by atoms with van der Waals surface area (Å²) in [7, 11) is 0.814. The zero-order valence-corrected chi connectivity index (χ0v) is 16.3. The Balaban J connectivity index is 1.96. The fraction of sp³-hybridized carbons (Fsp3) is 0.471. The minimum atomic E-state index is -1.09. The van der Waals surface area contributed by atoms with E-state index in [9.17, 15) is 10.1 Å². The van der Waals surface area contributed by atoms with Crippen molar-refractivity contribution in [1.82, 2.24) is 9.55 Å². The predicted octanol–water partition coefficient (Wildman–Crippen LogP) is 3.74. The fourth-order valence-electron chi connectivity index (χ4n) is 2.32. The van der Waals surface area contributed by atoms with Gasteiger partial charge in [0.1, 0.15) is 6.73 Å². The molecule has 0 N–H and O–H groups in total. The van der Waals surface area contributed by atoms with Crippen LogP contribution in [0.2, 0.25) is 25.7 Å². The molecule has 0 spiro atoms. The first kappa shape index (κ1) is 19.1. The number of hydrogen-bond acceptors (Lipinski definition) is 5. The Morgan fingerprint density at radius 3 is 2.80 bits per heavy atom. The van der Waals surface area contributed by atoms with Crippen LogP contribution in [0, 0.1) is 10.1 Å². The number of nitrogens with zero attached hydrogens (tertiary/aromatic N) is 4. The molecule has 0 fully saturated rings. The number of nitro benzene ring substituents is 1. The van der Waals surface area contributed by atoms with Crippen molar-refractivity contribution in [2.75, 3.05) is 18.6 Å². The highest BCUT2D eigenvalue weighted by atomic mass is 28.3. The summed E-state index contributed by atoms with van der Waals surface area (Å²) in [4.78, 5) is 16.7. The summed E-state index contributed by atoms with van der Waals surface area (Å²) in [6.45, 7) is 8.81. The lowest BCUT2D eigenvalue weighted by Crippen LogP contribution is -2.22. The molecule has 0 aliphatic carbocycles. The van der Waals surface area contributed by atoms with E-state index in [1.54, 1.807) is 24.7 Å². The van der Waals surface area contributed by atoms with Gasteiger partial charge in [-0.2, -0.15) is 0 Å². The van der Waals surface area contributed by atoms with Crippen molar-refractivity contribution in [2.24, 2.45) is 0 Å². The van der Waals surface area contributed by atoms with Crippen LogP contribution in [0.1, 0.15) is 5.69 Å². The summed E-state index contributed by atoms with van der Waals surface area (Å²) in [6.07, 6.45) is 3.56. The van der Waals surface area contributed by atoms with Crippen molar-refractivity contribution < 1.29 is 9.66 Å². The lowest BCUT2D eigenvalue weighted by molar-refractivity contribution is -0.384. The molecule has 0 bridgehead atoms. The summed E-state index contributed by atoms with van der Waals surface area (Å²) >= 11 is 0. The normalized spacial score (nSPS) is 11.5. The van der Waals surface area contributed by atoms with E-state index in [4.69, 9.17) is 4.74 Å². The van der Waals surface area contributed by atoms with Gasteiger partial charge in [0.2, 0.25) is 0 Å². The minimum Gasteiger partial charge on any atom is -0.369 e. The molecule has 0 atom stereocenters. The van der Waals surface area contributed by atoms with E-state index in [1.165, 1.54) is 6.07 Å². The van der Waals surface area contributed by atoms with Crippen LogP contribution < -0.4 is 4.90 Å². The molecule has 0 saturated carbocycles. The molecule has 2 rings (SSSR count). The van der Waals surface area contributed by atoms with Crippen molar-refractivity contribution in [2.45, 2.75) is 39.0 Å². The van der Waals surface area contributed by atoms with Gasteiger partial charge < -0.3 is 14.2 Å². The largest absolute Gasteiger partial charge is 0.369 e. The molecule has 8 heteroatoms. The molecule has 1 aromatic carbocycles. The third-order valence-corrected chi connectivity index (χ3v) is 5.61. The summed E-state index contributed by atoms with van der Waals surface area (Å²) in [6, 6.07) is 7.75. The molecule has 7 nitrogen and oxygen atoms in total. The molecule has 2 aromatic rings. The number of aromatic nitrogens is 2. The van der Waals surface area contributed by atoms with Gasteiger partial charge >= 0.3 is 0 Å². The van der Waals surface area contributed by atoms with E-state index in [1.807, 2.05) is 22.6 Å². The van der Waals surface area contributed by atoms with Gasteiger partial charge in [0, 0.05) is 39.5 Å². The average molecular weight is 363 g/mol. The van der Waals surface area contributed by atoms with Crippen LogP contribution in [0.4, 0.5) is 11.4 Å². The number of nitro groups is 1. The van der Waals surface area contributed by atoms with Gasteiger partial charge in [0.15, 0.2) is 0 Å². The summed E-state index contributed by atoms with van der Waals surface area (Å²) in [5.41, 5.74) is 1.89. The van der Waals surface area contributed by atoms with E-state index < -0.39 is 8.07 Å². The molecular weight excluding hydrogens is 336 g/mol. The van der Waals surface area contributed by atoms with Crippen molar-refractivity contribution in [1.29, 1.82) is 0 Å². The zero-order chi connectivity index (χ0) is 18.4. The van der Waals surface area contributed by atoms with Gasteiger partial charge in [-0.15, -0.1) is 0 Å². The summed E-state index contributed by atoms with van der Waals surface area (Å²) in [5, 5.41) is 10.9. The first-order chi connectivity index (χ1) is 11.8. The molecular formula is C17H26N4O3Si. The van der Waals surface area contributed by atoms with Gasteiger partial charge in [-0.05, 0) is 12.1 Å². The number of ether oxygens (including phenoxy) is 1.